The van der Waals surface area contributed by atoms with Crippen LogP contribution < -0.4 is 21.2 Å². The first kappa shape index (κ1) is 12.5. The third-order valence-corrected chi connectivity index (χ3v) is 3.03. The maximum atomic E-state index is 12.0. The van der Waals surface area contributed by atoms with Crippen LogP contribution in [0.2, 0.25) is 0 Å². The number of ether oxygens (including phenoxy) is 1. The Morgan fingerprint density at radius 3 is 2.56 bits per heavy atom. The molecule has 0 unspecified atom stereocenters. The van der Waals surface area contributed by atoms with Gasteiger partial charge in [0.2, 0.25) is 0 Å². The van der Waals surface area contributed by atoms with Crippen LogP contribution in [0.3, 0.4) is 0 Å². The quantitative estimate of drug-likeness (QED) is 0.573. The smallest absolute Gasteiger partial charge is 0.260 e. The highest BCUT2D eigenvalue weighted by atomic mass is 16.5. The summed E-state index contributed by atoms with van der Waals surface area (Å²) in [6.07, 6.45) is 1.72. The van der Waals surface area contributed by atoms with E-state index in [0.717, 1.165) is 22.2 Å². The molecule has 90 valence electrons. The van der Waals surface area contributed by atoms with E-state index < -0.39 is 0 Å². The molecule has 0 spiro atoms. The van der Waals surface area contributed by atoms with Crippen molar-refractivity contribution in [2.75, 3.05) is 7.11 Å². The van der Waals surface area contributed by atoms with Crippen LogP contribution in [0, 0.1) is 0 Å². The normalized spacial score (nSPS) is 10.3. The van der Waals surface area contributed by atoms with E-state index in [4.69, 9.17) is 4.74 Å². The maximum absolute atomic E-state index is 12.0. The van der Waals surface area contributed by atoms with Gasteiger partial charge >= 0.3 is 0 Å². The van der Waals surface area contributed by atoms with Crippen molar-refractivity contribution in [1.82, 2.24) is 9.78 Å². The van der Waals surface area contributed by atoms with Gasteiger partial charge in [0.15, 0.2) is 0 Å². The van der Waals surface area contributed by atoms with Gasteiger partial charge in [-0.25, -0.2) is 4.68 Å². The Kier molecular flexibility index (Phi) is 3.55. The highest BCUT2D eigenvalue weighted by molar-refractivity contribution is 6.48. The van der Waals surface area contributed by atoms with E-state index in [1.54, 1.807) is 13.3 Å². The molecule has 6 heteroatoms. The summed E-state index contributed by atoms with van der Waals surface area (Å²) in [6, 6.07) is 7.62. The predicted molar refractivity (Wildman–Crippen MR) is 76.9 cm³/mol. The number of benzene rings is 1. The maximum Gasteiger partial charge on any atom is 0.260 e. The molecule has 0 bridgehead atoms. The zero-order chi connectivity index (χ0) is 13.1. The summed E-state index contributed by atoms with van der Waals surface area (Å²) in [7, 11) is 5.34. The summed E-state index contributed by atoms with van der Waals surface area (Å²) in [4.78, 5) is 12.0. The van der Waals surface area contributed by atoms with Gasteiger partial charge in [-0.2, -0.15) is 5.10 Å². The first-order valence-corrected chi connectivity index (χ1v) is 5.78. The van der Waals surface area contributed by atoms with Gasteiger partial charge in [-0.3, -0.25) is 4.79 Å². The van der Waals surface area contributed by atoms with Crippen molar-refractivity contribution in [2.24, 2.45) is 0 Å². The lowest BCUT2D eigenvalue weighted by atomic mass is 9.83. The molecule has 0 aliphatic rings. The first-order chi connectivity index (χ1) is 8.61. The highest BCUT2D eigenvalue weighted by Crippen LogP contribution is 2.11. The van der Waals surface area contributed by atoms with E-state index in [1.165, 1.54) is 4.68 Å². The van der Waals surface area contributed by atoms with Gasteiger partial charge < -0.3 is 4.74 Å². The van der Waals surface area contributed by atoms with Crippen molar-refractivity contribution in [1.29, 1.82) is 0 Å². The Labute approximate surface area is 107 Å². The molecular formula is C12H14B2N2O2. The molecule has 1 aromatic carbocycles. The molecule has 0 N–H and O–H groups in total. The first-order valence-electron chi connectivity index (χ1n) is 5.78. The van der Waals surface area contributed by atoms with E-state index >= 15 is 0 Å². The van der Waals surface area contributed by atoms with Gasteiger partial charge in [0.05, 0.1) is 13.7 Å². The van der Waals surface area contributed by atoms with Crippen LogP contribution in [0.4, 0.5) is 0 Å². The Morgan fingerprint density at radius 2 is 1.94 bits per heavy atom. The second kappa shape index (κ2) is 5.12. The van der Waals surface area contributed by atoms with Crippen LogP contribution >= 0.6 is 0 Å². The summed E-state index contributed by atoms with van der Waals surface area (Å²) < 4.78 is 6.57. The van der Waals surface area contributed by atoms with Gasteiger partial charge in [0.1, 0.15) is 21.4 Å². The van der Waals surface area contributed by atoms with Crippen molar-refractivity contribution in [3.63, 3.8) is 0 Å². The molecule has 2 aromatic rings. The molecule has 0 saturated heterocycles. The Balaban J connectivity index is 2.28. The van der Waals surface area contributed by atoms with Crippen LogP contribution in [-0.2, 0) is 6.54 Å². The standard InChI is InChI=1S/C12H14B2N2O2/c1-18-9-4-2-8(3-5-9)7-16-12(17)11(14)10(13)6-15-16/h2-6H,7,13-14H2,1H3. The molecule has 1 heterocycles. The number of rotatable bonds is 3. The fourth-order valence-electron chi connectivity index (χ4n) is 1.68. The molecule has 0 radical (unpaired) electrons. The summed E-state index contributed by atoms with van der Waals surface area (Å²) in [6.45, 7) is 0.476. The lowest BCUT2D eigenvalue weighted by Gasteiger charge is -2.08. The minimum atomic E-state index is -0.0363. The van der Waals surface area contributed by atoms with Gasteiger partial charge in [-0.15, -0.1) is 0 Å². The van der Waals surface area contributed by atoms with Crippen LogP contribution in [0.1, 0.15) is 5.56 Å². The molecular weight excluding hydrogens is 226 g/mol. The minimum absolute atomic E-state index is 0.0363. The highest BCUT2D eigenvalue weighted by Gasteiger charge is 2.04. The summed E-state index contributed by atoms with van der Waals surface area (Å²) in [5, 5.41) is 4.15. The van der Waals surface area contributed by atoms with E-state index in [2.05, 4.69) is 5.10 Å². The van der Waals surface area contributed by atoms with Gasteiger partial charge in [0, 0.05) is 6.20 Å². The van der Waals surface area contributed by atoms with Gasteiger partial charge in [-0.05, 0) is 23.2 Å². The topological polar surface area (TPSA) is 44.1 Å². The molecule has 18 heavy (non-hydrogen) atoms. The molecule has 0 aliphatic carbocycles. The van der Waals surface area contributed by atoms with Crippen molar-refractivity contribution >= 4 is 26.6 Å². The Morgan fingerprint density at radius 1 is 1.28 bits per heavy atom. The van der Waals surface area contributed by atoms with Gasteiger partial charge in [-0.1, -0.05) is 17.6 Å². The zero-order valence-corrected chi connectivity index (χ0v) is 10.8. The lowest BCUT2D eigenvalue weighted by molar-refractivity contribution is 0.414. The number of nitrogens with zero attached hydrogens (tertiary/aromatic N) is 2. The van der Waals surface area contributed by atoms with Crippen LogP contribution in [0.25, 0.3) is 0 Å². The Bertz CT molecular complexity index is 608. The molecule has 1 aromatic heterocycles. The molecule has 0 fully saturated rings. The van der Waals surface area contributed by atoms with E-state index in [9.17, 15) is 4.79 Å². The third-order valence-electron chi connectivity index (χ3n) is 3.03. The summed E-state index contributed by atoms with van der Waals surface area (Å²) in [5.74, 6) is 0.805. The fourth-order valence-corrected chi connectivity index (χ4v) is 1.68. The van der Waals surface area contributed by atoms with Crippen molar-refractivity contribution in [3.05, 3.63) is 46.4 Å². The third kappa shape index (κ3) is 2.47. The van der Waals surface area contributed by atoms with Crippen molar-refractivity contribution < 1.29 is 4.74 Å². The van der Waals surface area contributed by atoms with E-state index in [-0.39, 0.29) is 5.56 Å². The molecule has 0 saturated carbocycles. The monoisotopic (exact) mass is 240 g/mol. The summed E-state index contributed by atoms with van der Waals surface area (Å²) in [5.41, 5.74) is 2.66. The summed E-state index contributed by atoms with van der Waals surface area (Å²) >= 11 is 0. The van der Waals surface area contributed by atoms with Crippen molar-refractivity contribution in [3.8, 4) is 5.75 Å². The molecule has 0 atom stereocenters. The van der Waals surface area contributed by atoms with Crippen molar-refractivity contribution in [2.45, 2.75) is 6.54 Å². The number of hydrogen-bond acceptors (Lipinski definition) is 3. The predicted octanol–water partition coefficient (Wildman–Crippen LogP) is -2.18. The number of aromatic nitrogens is 2. The zero-order valence-electron chi connectivity index (χ0n) is 10.8. The number of hydrogen-bond donors (Lipinski definition) is 0. The SMILES string of the molecule is Bc1cnn(Cc2ccc(OC)cc2)c(=O)c1B. The van der Waals surface area contributed by atoms with Crippen LogP contribution in [0.5, 0.6) is 5.75 Å². The average molecular weight is 240 g/mol. The lowest BCUT2D eigenvalue weighted by Crippen LogP contribution is -2.45. The fraction of sp³-hybridized carbons (Fsp3) is 0.167. The second-order valence-electron chi connectivity index (χ2n) is 4.26. The van der Waals surface area contributed by atoms with Crippen LogP contribution in [0.15, 0.2) is 35.3 Å². The van der Waals surface area contributed by atoms with Gasteiger partial charge in [0.25, 0.3) is 5.56 Å². The molecule has 0 amide bonds. The molecule has 4 nitrogen and oxygen atoms in total. The largest absolute Gasteiger partial charge is 0.497 e. The number of methoxy groups -OCH3 is 1. The van der Waals surface area contributed by atoms with E-state index in [0.29, 0.717) is 6.54 Å². The average Bonchev–Trinajstić information content (AvgIpc) is 2.40. The molecule has 2 rings (SSSR count). The molecule has 0 aliphatic heterocycles. The van der Waals surface area contributed by atoms with Crippen LogP contribution in [-0.4, -0.2) is 32.6 Å². The van der Waals surface area contributed by atoms with E-state index in [1.807, 2.05) is 40.0 Å². The second-order valence-corrected chi connectivity index (χ2v) is 4.26. The minimum Gasteiger partial charge on any atom is -0.497 e. The Hall–Kier alpha value is -1.97.